The molecule has 0 aromatic heterocycles. The van der Waals surface area contributed by atoms with Crippen molar-refractivity contribution in [3.63, 3.8) is 0 Å². The molecule has 2 aromatic carbocycles. The van der Waals surface area contributed by atoms with Gasteiger partial charge in [-0.15, -0.1) is 0 Å². The van der Waals surface area contributed by atoms with Crippen LogP contribution in [0.4, 0.5) is 13.2 Å². The summed E-state index contributed by atoms with van der Waals surface area (Å²) in [4.78, 5) is 0. The number of benzene rings is 2. The van der Waals surface area contributed by atoms with Crippen molar-refractivity contribution in [3.8, 4) is 11.1 Å². The first-order valence-corrected chi connectivity index (χ1v) is 11.4. The Morgan fingerprint density at radius 1 is 0.867 bits per heavy atom. The second-order valence-electron chi connectivity index (χ2n) is 8.51. The molecule has 2 atom stereocenters. The van der Waals surface area contributed by atoms with E-state index in [1.165, 1.54) is 43.9 Å². The second kappa shape index (κ2) is 11.0. The molecular formula is C26H33F3O. The van der Waals surface area contributed by atoms with E-state index in [-0.39, 0.29) is 16.7 Å². The third-order valence-corrected chi connectivity index (χ3v) is 6.16. The molecule has 0 aliphatic carbocycles. The van der Waals surface area contributed by atoms with Crippen LogP contribution in [0.25, 0.3) is 11.1 Å². The largest absolute Gasteiger partial charge is 0.373 e. The quantitative estimate of drug-likeness (QED) is 0.373. The van der Waals surface area contributed by atoms with Crippen molar-refractivity contribution in [1.29, 1.82) is 0 Å². The van der Waals surface area contributed by atoms with Crippen LogP contribution >= 0.6 is 0 Å². The van der Waals surface area contributed by atoms with Crippen LogP contribution in [0.15, 0.2) is 30.3 Å². The topological polar surface area (TPSA) is 9.23 Å². The summed E-state index contributed by atoms with van der Waals surface area (Å²) < 4.78 is 50.1. The summed E-state index contributed by atoms with van der Waals surface area (Å²) in [6.07, 6.45) is 8.93. The van der Waals surface area contributed by atoms with Gasteiger partial charge in [0.1, 0.15) is 5.82 Å². The van der Waals surface area contributed by atoms with E-state index in [9.17, 15) is 13.2 Å². The summed E-state index contributed by atoms with van der Waals surface area (Å²) in [6, 6.07) is 7.76. The van der Waals surface area contributed by atoms with Gasteiger partial charge in [0.2, 0.25) is 0 Å². The van der Waals surface area contributed by atoms with Gasteiger partial charge in [-0.3, -0.25) is 0 Å². The van der Waals surface area contributed by atoms with Gasteiger partial charge in [0.05, 0.1) is 12.7 Å². The number of hydrogen-bond donors (Lipinski definition) is 0. The van der Waals surface area contributed by atoms with E-state index < -0.39 is 23.6 Å². The van der Waals surface area contributed by atoms with E-state index in [0.29, 0.717) is 18.9 Å². The fourth-order valence-corrected chi connectivity index (χ4v) is 4.38. The molecule has 0 saturated carbocycles. The minimum absolute atomic E-state index is 0.0404. The number of ether oxygens (including phenoxy) is 1. The Hall–Kier alpha value is -1.81. The van der Waals surface area contributed by atoms with Crippen LogP contribution in [0.1, 0.15) is 82.4 Å². The predicted molar refractivity (Wildman–Crippen MR) is 116 cm³/mol. The van der Waals surface area contributed by atoms with Crippen molar-refractivity contribution < 1.29 is 17.9 Å². The zero-order chi connectivity index (χ0) is 21.5. The Bertz CT molecular complexity index is 825. The molecule has 164 valence electrons. The highest BCUT2D eigenvalue weighted by Gasteiger charge is 2.27. The summed E-state index contributed by atoms with van der Waals surface area (Å²) in [5, 5.41) is 0. The first kappa shape index (κ1) is 22.9. The summed E-state index contributed by atoms with van der Waals surface area (Å²) in [5.74, 6) is -1.94. The van der Waals surface area contributed by atoms with Crippen LogP contribution in [0, 0.1) is 23.4 Å². The fraction of sp³-hybridized carbons (Fsp3) is 0.538. The summed E-state index contributed by atoms with van der Waals surface area (Å²) in [5.41, 5.74) is 1.15. The van der Waals surface area contributed by atoms with Crippen molar-refractivity contribution in [3.05, 3.63) is 58.9 Å². The van der Waals surface area contributed by atoms with Gasteiger partial charge in [-0.25, -0.2) is 13.2 Å². The van der Waals surface area contributed by atoms with Crippen molar-refractivity contribution in [2.45, 2.75) is 77.7 Å². The lowest BCUT2D eigenvalue weighted by Gasteiger charge is -2.30. The Morgan fingerprint density at radius 2 is 1.67 bits per heavy atom. The van der Waals surface area contributed by atoms with E-state index in [1.54, 1.807) is 12.1 Å². The highest BCUT2D eigenvalue weighted by Crippen LogP contribution is 2.37. The molecule has 1 saturated heterocycles. The summed E-state index contributed by atoms with van der Waals surface area (Å²) in [7, 11) is 0. The zero-order valence-electron chi connectivity index (χ0n) is 18.2. The lowest BCUT2D eigenvalue weighted by molar-refractivity contribution is -0.0218. The average molecular weight is 419 g/mol. The number of halogens is 3. The highest BCUT2D eigenvalue weighted by molar-refractivity contribution is 5.66. The van der Waals surface area contributed by atoms with Crippen LogP contribution in [0.5, 0.6) is 0 Å². The lowest BCUT2D eigenvalue weighted by Crippen LogP contribution is -2.21. The van der Waals surface area contributed by atoms with E-state index in [2.05, 4.69) is 6.92 Å². The molecule has 2 unspecified atom stereocenters. The molecule has 1 aliphatic rings. The Kier molecular flexibility index (Phi) is 8.38. The smallest absolute Gasteiger partial charge is 0.167 e. The Morgan fingerprint density at radius 3 is 2.33 bits per heavy atom. The number of hydrogen-bond acceptors (Lipinski definition) is 1. The molecule has 0 radical (unpaired) electrons. The second-order valence-corrected chi connectivity index (χ2v) is 8.51. The van der Waals surface area contributed by atoms with Gasteiger partial charge in [-0.1, -0.05) is 70.2 Å². The maximum absolute atomic E-state index is 14.9. The number of rotatable bonds is 9. The first-order chi connectivity index (χ1) is 14.5. The van der Waals surface area contributed by atoms with Gasteiger partial charge >= 0.3 is 0 Å². The van der Waals surface area contributed by atoms with Crippen LogP contribution < -0.4 is 0 Å². The van der Waals surface area contributed by atoms with Gasteiger partial charge in [0.15, 0.2) is 11.6 Å². The molecular weight excluding hydrogens is 385 g/mol. The number of unbranched alkanes of at least 4 members (excludes halogenated alkanes) is 3. The molecule has 1 heterocycles. The zero-order valence-corrected chi connectivity index (χ0v) is 18.2. The Balaban J connectivity index is 1.69. The van der Waals surface area contributed by atoms with E-state index >= 15 is 0 Å². The molecule has 3 rings (SSSR count). The molecule has 1 fully saturated rings. The standard InChI is InChI=1S/C26H33F3O/c1-3-5-6-7-9-19-11-15-24(30-17-19)22-14-13-21(25(28)26(22)29)20-12-10-18(8-4-2)16-23(20)27/h10,12-14,16,19,24H,3-9,11,15,17H2,1-2H3. The van der Waals surface area contributed by atoms with E-state index in [4.69, 9.17) is 4.74 Å². The summed E-state index contributed by atoms with van der Waals surface area (Å²) in [6.45, 7) is 4.80. The normalized spacial score (nSPS) is 19.2. The SMILES string of the molecule is CCCCCCC1CCC(c2ccc(-c3ccc(CCC)cc3F)c(F)c2F)OC1. The van der Waals surface area contributed by atoms with Gasteiger partial charge < -0.3 is 4.74 Å². The molecule has 0 amide bonds. The molecule has 0 bridgehead atoms. The van der Waals surface area contributed by atoms with Gasteiger partial charge in [-0.2, -0.15) is 0 Å². The average Bonchev–Trinajstić information content (AvgIpc) is 2.75. The fourth-order valence-electron chi connectivity index (χ4n) is 4.38. The van der Waals surface area contributed by atoms with Crippen LogP contribution in [-0.4, -0.2) is 6.61 Å². The monoisotopic (exact) mass is 418 g/mol. The van der Waals surface area contributed by atoms with E-state index in [0.717, 1.165) is 31.2 Å². The third-order valence-electron chi connectivity index (χ3n) is 6.16. The van der Waals surface area contributed by atoms with Crippen LogP contribution in [-0.2, 0) is 11.2 Å². The first-order valence-electron chi connectivity index (χ1n) is 11.4. The highest BCUT2D eigenvalue weighted by atomic mass is 19.2. The molecule has 0 N–H and O–H groups in total. The molecule has 0 spiro atoms. The lowest BCUT2D eigenvalue weighted by atomic mass is 9.90. The minimum atomic E-state index is -1.00. The van der Waals surface area contributed by atoms with Crippen molar-refractivity contribution in [2.24, 2.45) is 5.92 Å². The van der Waals surface area contributed by atoms with Gasteiger partial charge in [0, 0.05) is 16.7 Å². The predicted octanol–water partition coefficient (Wildman–Crippen LogP) is 8.16. The third kappa shape index (κ3) is 5.46. The van der Waals surface area contributed by atoms with Crippen LogP contribution in [0.2, 0.25) is 0 Å². The van der Waals surface area contributed by atoms with Gasteiger partial charge in [-0.05, 0) is 43.2 Å². The molecule has 2 aromatic rings. The van der Waals surface area contributed by atoms with Crippen molar-refractivity contribution >= 4 is 0 Å². The van der Waals surface area contributed by atoms with Crippen molar-refractivity contribution in [2.75, 3.05) is 6.61 Å². The number of aryl methyl sites for hydroxylation is 1. The maximum Gasteiger partial charge on any atom is 0.167 e. The minimum Gasteiger partial charge on any atom is -0.373 e. The maximum atomic E-state index is 14.9. The molecule has 30 heavy (non-hydrogen) atoms. The molecule has 1 aliphatic heterocycles. The molecule has 1 nitrogen and oxygen atoms in total. The Labute approximate surface area is 178 Å². The summed E-state index contributed by atoms with van der Waals surface area (Å²) >= 11 is 0. The van der Waals surface area contributed by atoms with Crippen LogP contribution in [0.3, 0.4) is 0 Å². The van der Waals surface area contributed by atoms with Crippen molar-refractivity contribution in [1.82, 2.24) is 0 Å². The van der Waals surface area contributed by atoms with E-state index in [1.807, 2.05) is 6.92 Å². The van der Waals surface area contributed by atoms with Gasteiger partial charge in [0.25, 0.3) is 0 Å². The molecule has 4 heteroatoms.